The summed E-state index contributed by atoms with van der Waals surface area (Å²) in [6, 6.07) is -0.549. The van der Waals surface area contributed by atoms with Crippen molar-refractivity contribution in [2.45, 2.75) is 276 Å². The van der Waals surface area contributed by atoms with E-state index in [4.69, 9.17) is 0 Å². The van der Waals surface area contributed by atoms with Gasteiger partial charge in [0.2, 0.25) is 5.91 Å². The quantitative estimate of drug-likeness (QED) is 0.0420. The lowest BCUT2D eigenvalue weighted by Crippen LogP contribution is -2.45. The third-order valence-electron chi connectivity index (χ3n) is 12.7. The normalized spacial score (nSPS) is 13.7. The van der Waals surface area contributed by atoms with Gasteiger partial charge in [-0.1, -0.05) is 289 Å². The summed E-state index contributed by atoms with van der Waals surface area (Å²) in [4.78, 5) is 12.5. The van der Waals surface area contributed by atoms with Gasteiger partial charge in [-0.2, -0.15) is 0 Å². The fraction of sp³-hybridized carbons (Fsp3) is 0.677. The van der Waals surface area contributed by atoms with Gasteiger partial charge in [-0.25, -0.2) is 0 Å². The predicted molar refractivity (Wildman–Crippen MR) is 308 cm³/mol. The van der Waals surface area contributed by atoms with E-state index in [9.17, 15) is 15.0 Å². The molecule has 0 spiro atoms. The molecule has 0 aromatic heterocycles. The SMILES string of the molecule is CC/C=C\C/C=C\C/C=C\C/C=C\C/C=C\C/C=C\C/C=C\C/C=C\C/C=C\C/C=C\CCCCCCCCCCC(=O)NC(CO)C(O)CCCCCCCCCCCCCCCCCCCC. The number of hydrogen-bond acceptors (Lipinski definition) is 3. The van der Waals surface area contributed by atoms with Crippen LogP contribution in [0.25, 0.3) is 0 Å². The zero-order valence-electron chi connectivity index (χ0n) is 45.3. The first kappa shape index (κ1) is 65.8. The molecule has 394 valence electrons. The Morgan fingerprint density at radius 2 is 0.638 bits per heavy atom. The van der Waals surface area contributed by atoms with Crippen LogP contribution in [0.1, 0.15) is 264 Å². The lowest BCUT2D eigenvalue weighted by molar-refractivity contribution is -0.123. The topological polar surface area (TPSA) is 69.6 Å². The highest BCUT2D eigenvalue weighted by atomic mass is 16.3. The molecule has 0 radical (unpaired) electrons. The zero-order valence-corrected chi connectivity index (χ0v) is 45.3. The van der Waals surface area contributed by atoms with Gasteiger partial charge in [0, 0.05) is 6.42 Å². The van der Waals surface area contributed by atoms with Gasteiger partial charge in [0.15, 0.2) is 0 Å². The first-order chi connectivity index (χ1) is 34.2. The standard InChI is InChI=1S/C65H111NO3/c1-3-5-7-9-11-13-15-17-19-21-23-24-25-26-27-28-29-30-31-32-33-34-35-36-37-38-39-40-41-42-43-45-47-49-51-53-55-57-59-61-65(69)66-63(62-67)64(68)60-58-56-54-52-50-48-46-44-22-20-18-16-14-12-10-8-6-4-2/h5,7,11,13,17,19,23-24,26-27,29-30,32-33,35-36,38-39,41-42,63-64,67-68H,3-4,6,8-10,12,14-16,18,20-22,25,28,31,34,37,40,43-62H2,1-2H3,(H,66,69)/b7-5-,13-11-,19-17-,24-23-,27-26-,30-29-,33-32-,36-35-,39-38-,42-41-. The highest BCUT2D eigenvalue weighted by Crippen LogP contribution is 2.16. The van der Waals surface area contributed by atoms with Crippen LogP contribution in [0.4, 0.5) is 0 Å². The predicted octanol–water partition coefficient (Wildman–Crippen LogP) is 19.6. The Hall–Kier alpha value is -3.21. The van der Waals surface area contributed by atoms with Gasteiger partial charge in [0.1, 0.15) is 0 Å². The first-order valence-corrected chi connectivity index (χ1v) is 29.2. The van der Waals surface area contributed by atoms with Gasteiger partial charge < -0.3 is 15.5 Å². The summed E-state index contributed by atoms with van der Waals surface area (Å²) in [5, 5.41) is 23.3. The summed E-state index contributed by atoms with van der Waals surface area (Å²) in [5.41, 5.74) is 0. The van der Waals surface area contributed by atoms with E-state index in [0.29, 0.717) is 12.8 Å². The molecule has 0 rings (SSSR count). The Labute approximate surface area is 428 Å². The average Bonchev–Trinajstić information content (AvgIpc) is 3.35. The number of aliphatic hydroxyl groups excluding tert-OH is 2. The van der Waals surface area contributed by atoms with Crippen molar-refractivity contribution in [1.29, 1.82) is 0 Å². The third kappa shape index (κ3) is 55.6. The molecular formula is C65H111NO3. The van der Waals surface area contributed by atoms with Crippen LogP contribution < -0.4 is 5.32 Å². The number of nitrogens with one attached hydrogen (secondary N) is 1. The van der Waals surface area contributed by atoms with Crippen LogP contribution in [0, 0.1) is 0 Å². The van der Waals surface area contributed by atoms with Gasteiger partial charge in [0.25, 0.3) is 0 Å². The fourth-order valence-corrected chi connectivity index (χ4v) is 8.33. The molecule has 0 aromatic carbocycles. The number of aliphatic hydroxyl groups is 2. The van der Waals surface area contributed by atoms with Gasteiger partial charge in [0.05, 0.1) is 18.8 Å². The van der Waals surface area contributed by atoms with E-state index in [1.807, 2.05) is 0 Å². The van der Waals surface area contributed by atoms with E-state index >= 15 is 0 Å². The van der Waals surface area contributed by atoms with E-state index in [1.165, 1.54) is 141 Å². The van der Waals surface area contributed by atoms with Crippen LogP contribution >= 0.6 is 0 Å². The van der Waals surface area contributed by atoms with Gasteiger partial charge in [-0.3, -0.25) is 4.79 Å². The summed E-state index contributed by atoms with van der Waals surface area (Å²) >= 11 is 0. The maximum Gasteiger partial charge on any atom is 0.220 e. The van der Waals surface area contributed by atoms with Crippen molar-refractivity contribution in [2.24, 2.45) is 0 Å². The molecule has 0 saturated heterocycles. The van der Waals surface area contributed by atoms with E-state index in [-0.39, 0.29) is 12.5 Å². The summed E-state index contributed by atoms with van der Waals surface area (Å²) in [6.07, 6.45) is 90.4. The number of amides is 1. The summed E-state index contributed by atoms with van der Waals surface area (Å²) in [5.74, 6) is -0.0429. The van der Waals surface area contributed by atoms with Crippen LogP contribution in [0.15, 0.2) is 122 Å². The molecule has 0 aliphatic rings. The van der Waals surface area contributed by atoms with Crippen molar-refractivity contribution in [1.82, 2.24) is 5.32 Å². The molecule has 3 N–H and O–H groups in total. The van der Waals surface area contributed by atoms with Crippen LogP contribution in [-0.2, 0) is 4.79 Å². The van der Waals surface area contributed by atoms with Crippen molar-refractivity contribution in [3.8, 4) is 0 Å². The minimum absolute atomic E-state index is 0.0429. The van der Waals surface area contributed by atoms with Gasteiger partial charge in [-0.05, 0) is 89.9 Å². The molecule has 0 aliphatic heterocycles. The summed E-state index contributed by atoms with van der Waals surface area (Å²) in [7, 11) is 0. The Morgan fingerprint density at radius 1 is 0.362 bits per heavy atom. The molecule has 69 heavy (non-hydrogen) atoms. The molecule has 0 bridgehead atoms. The molecular weight excluding hydrogens is 843 g/mol. The number of carbonyl (C=O) groups excluding carboxylic acids is 1. The monoisotopic (exact) mass is 954 g/mol. The smallest absolute Gasteiger partial charge is 0.220 e. The van der Waals surface area contributed by atoms with Gasteiger partial charge >= 0.3 is 0 Å². The first-order valence-electron chi connectivity index (χ1n) is 29.2. The minimum atomic E-state index is -0.671. The second-order valence-electron chi connectivity index (χ2n) is 19.3. The van der Waals surface area contributed by atoms with Gasteiger partial charge in [-0.15, -0.1) is 0 Å². The highest BCUT2D eigenvalue weighted by molar-refractivity contribution is 5.76. The number of hydrogen-bond donors (Lipinski definition) is 3. The average molecular weight is 955 g/mol. The van der Waals surface area contributed by atoms with Crippen LogP contribution in [0.2, 0.25) is 0 Å². The van der Waals surface area contributed by atoms with Crippen molar-refractivity contribution < 1.29 is 15.0 Å². The molecule has 2 unspecified atom stereocenters. The molecule has 0 aromatic rings. The number of allylic oxidation sites excluding steroid dienone is 20. The lowest BCUT2D eigenvalue weighted by atomic mass is 10.0. The number of unbranched alkanes of at least 4 members (excludes halogenated alkanes) is 25. The molecule has 1 amide bonds. The van der Waals surface area contributed by atoms with Crippen molar-refractivity contribution in [2.75, 3.05) is 6.61 Å². The van der Waals surface area contributed by atoms with E-state index in [1.54, 1.807) is 0 Å². The molecule has 0 saturated carbocycles. The van der Waals surface area contributed by atoms with Crippen LogP contribution in [0.3, 0.4) is 0 Å². The third-order valence-corrected chi connectivity index (χ3v) is 12.7. The highest BCUT2D eigenvalue weighted by Gasteiger charge is 2.20. The molecule has 0 fully saturated rings. The van der Waals surface area contributed by atoms with Crippen molar-refractivity contribution in [3.63, 3.8) is 0 Å². The molecule has 0 heterocycles. The maximum atomic E-state index is 12.5. The Bertz CT molecular complexity index is 1360. The largest absolute Gasteiger partial charge is 0.394 e. The Morgan fingerprint density at radius 3 is 0.957 bits per heavy atom. The Kier molecular flexibility index (Phi) is 56.4. The Balaban J connectivity index is 3.60. The number of rotatable bonds is 52. The number of carbonyl (C=O) groups is 1. The molecule has 0 aliphatic carbocycles. The maximum absolute atomic E-state index is 12.5. The molecule has 4 nitrogen and oxygen atoms in total. The van der Waals surface area contributed by atoms with E-state index in [0.717, 1.165) is 96.3 Å². The van der Waals surface area contributed by atoms with E-state index in [2.05, 4.69) is 141 Å². The molecule has 4 heteroatoms. The molecule has 2 atom stereocenters. The zero-order chi connectivity index (χ0) is 49.9. The van der Waals surface area contributed by atoms with Crippen molar-refractivity contribution in [3.05, 3.63) is 122 Å². The van der Waals surface area contributed by atoms with Crippen LogP contribution in [0.5, 0.6) is 0 Å². The summed E-state index contributed by atoms with van der Waals surface area (Å²) in [6.45, 7) is 4.25. The lowest BCUT2D eigenvalue weighted by Gasteiger charge is -2.22. The second kappa shape index (κ2) is 59.1. The second-order valence-corrected chi connectivity index (χ2v) is 19.3. The summed E-state index contributed by atoms with van der Waals surface area (Å²) < 4.78 is 0. The minimum Gasteiger partial charge on any atom is -0.394 e. The van der Waals surface area contributed by atoms with Crippen LogP contribution in [-0.4, -0.2) is 34.9 Å². The van der Waals surface area contributed by atoms with E-state index < -0.39 is 12.1 Å². The fourth-order valence-electron chi connectivity index (χ4n) is 8.33. The van der Waals surface area contributed by atoms with Crippen molar-refractivity contribution >= 4 is 5.91 Å².